The number of ketones is 1. The molecular formula is C31H33N3O6S. The lowest BCUT2D eigenvalue weighted by molar-refractivity contribution is -0.143. The smallest absolute Gasteiger partial charge is 0.266 e. The van der Waals surface area contributed by atoms with Gasteiger partial charge >= 0.3 is 0 Å². The van der Waals surface area contributed by atoms with Gasteiger partial charge in [0, 0.05) is 6.54 Å². The Labute approximate surface area is 239 Å². The number of carbonyl (C=O) groups excluding carboxylic acids is 3. The maximum Gasteiger partial charge on any atom is 0.266 e. The Balaban J connectivity index is 1.69. The van der Waals surface area contributed by atoms with Gasteiger partial charge in [0.1, 0.15) is 17.5 Å². The van der Waals surface area contributed by atoms with E-state index in [9.17, 15) is 22.8 Å². The van der Waals surface area contributed by atoms with Crippen molar-refractivity contribution in [1.29, 1.82) is 0 Å². The largest absolute Gasteiger partial charge is 0.434 e. The van der Waals surface area contributed by atoms with E-state index < -0.39 is 45.1 Å². The van der Waals surface area contributed by atoms with Crippen LogP contribution in [-0.2, 0) is 26.0 Å². The lowest BCUT2D eigenvalue weighted by Gasteiger charge is -2.32. The van der Waals surface area contributed by atoms with E-state index in [1.54, 1.807) is 66.7 Å². The second-order valence-electron chi connectivity index (χ2n) is 9.84. The van der Waals surface area contributed by atoms with E-state index in [4.69, 9.17) is 10.2 Å². The molecule has 0 radical (unpaired) electrons. The van der Waals surface area contributed by atoms with Crippen LogP contribution in [0.1, 0.15) is 48.9 Å². The Kier molecular flexibility index (Phi) is 9.67. The lowest BCUT2D eigenvalue weighted by Crippen LogP contribution is -2.50. The fourth-order valence-electron chi connectivity index (χ4n) is 4.67. The second kappa shape index (κ2) is 13.4. The predicted molar refractivity (Wildman–Crippen MR) is 154 cm³/mol. The number of benzene rings is 3. The van der Waals surface area contributed by atoms with Crippen LogP contribution in [0.3, 0.4) is 0 Å². The third-order valence-corrected chi connectivity index (χ3v) is 8.68. The molecule has 4 aromatic rings. The molecule has 0 aliphatic heterocycles. The average molecular weight is 576 g/mol. The number of carbonyl (C=O) groups is 3. The summed E-state index contributed by atoms with van der Waals surface area (Å²) in [5.74, 6) is -4.24. The van der Waals surface area contributed by atoms with Crippen LogP contribution in [0.4, 0.5) is 0 Å². The van der Waals surface area contributed by atoms with Gasteiger partial charge in [-0.05, 0) is 42.7 Å². The van der Waals surface area contributed by atoms with Gasteiger partial charge in [-0.2, -0.15) is 0 Å². The number of fused-ring (bicyclic) bond motifs is 1. The van der Waals surface area contributed by atoms with Gasteiger partial charge in [0.05, 0.1) is 10.6 Å². The molecule has 0 aliphatic carbocycles. The summed E-state index contributed by atoms with van der Waals surface area (Å²) in [6, 6.07) is 22.8. The number of Topliss-reactive ketones (excluding diaryl/α,β-unsaturated/α-hetero) is 1. The summed E-state index contributed by atoms with van der Waals surface area (Å²) in [5, 5.41) is 0. The summed E-state index contributed by atoms with van der Waals surface area (Å²) in [5.41, 5.74) is 7.35. The first kappa shape index (κ1) is 29.7. The van der Waals surface area contributed by atoms with E-state index in [1.807, 2.05) is 13.0 Å². The van der Waals surface area contributed by atoms with E-state index in [-0.39, 0.29) is 23.8 Å². The first-order valence-corrected chi connectivity index (χ1v) is 15.2. The van der Waals surface area contributed by atoms with Crippen LogP contribution in [0.5, 0.6) is 0 Å². The Hall–Kier alpha value is -4.31. The summed E-state index contributed by atoms with van der Waals surface area (Å²) < 4.78 is 31.6. The van der Waals surface area contributed by atoms with Crippen molar-refractivity contribution in [1.82, 2.24) is 9.88 Å². The topological polar surface area (TPSA) is 141 Å². The number of oxazole rings is 1. The Morgan fingerprint density at radius 1 is 0.902 bits per heavy atom. The summed E-state index contributed by atoms with van der Waals surface area (Å²) in [7, 11) is -3.79. The Bertz CT molecular complexity index is 1570. The molecule has 1 unspecified atom stereocenters. The second-order valence-corrected chi connectivity index (χ2v) is 11.9. The van der Waals surface area contributed by atoms with Crippen molar-refractivity contribution < 1.29 is 27.2 Å². The maximum absolute atomic E-state index is 14.1. The highest BCUT2D eigenvalue weighted by Crippen LogP contribution is 2.25. The number of nitrogens with two attached hydrogens (primary N) is 1. The summed E-state index contributed by atoms with van der Waals surface area (Å²) in [4.78, 5) is 46.3. The highest BCUT2D eigenvalue weighted by atomic mass is 32.2. The first-order valence-electron chi connectivity index (χ1n) is 13.5. The van der Waals surface area contributed by atoms with Gasteiger partial charge in [0.15, 0.2) is 15.4 Å². The van der Waals surface area contributed by atoms with Crippen molar-refractivity contribution in [3.8, 4) is 0 Å². The van der Waals surface area contributed by atoms with Crippen LogP contribution in [-0.4, -0.2) is 47.7 Å². The molecule has 0 bridgehead atoms. The van der Waals surface area contributed by atoms with Crippen LogP contribution in [0.2, 0.25) is 0 Å². The average Bonchev–Trinajstić information content (AvgIpc) is 3.42. The Morgan fingerprint density at radius 2 is 1.54 bits per heavy atom. The van der Waals surface area contributed by atoms with Gasteiger partial charge in [0.2, 0.25) is 17.6 Å². The molecule has 214 valence electrons. The molecule has 2 atom stereocenters. The van der Waals surface area contributed by atoms with Crippen molar-refractivity contribution in [3.05, 3.63) is 96.4 Å². The number of unbranched alkanes of at least 4 members (excludes halogenated alkanes) is 1. The van der Waals surface area contributed by atoms with Gasteiger partial charge < -0.3 is 15.1 Å². The normalized spacial score (nSPS) is 13.0. The van der Waals surface area contributed by atoms with E-state index in [1.165, 1.54) is 17.0 Å². The lowest BCUT2D eigenvalue weighted by atomic mass is 9.97. The van der Waals surface area contributed by atoms with Gasteiger partial charge in [-0.25, -0.2) is 13.4 Å². The number of nitrogens with zero attached hydrogens (tertiary/aromatic N) is 2. The van der Waals surface area contributed by atoms with E-state index in [2.05, 4.69) is 4.98 Å². The van der Waals surface area contributed by atoms with Crippen LogP contribution in [0.25, 0.3) is 11.1 Å². The summed E-state index contributed by atoms with van der Waals surface area (Å²) >= 11 is 0. The number of sulfone groups is 1. The van der Waals surface area contributed by atoms with Crippen molar-refractivity contribution in [2.24, 2.45) is 11.7 Å². The number of amides is 2. The molecule has 0 saturated carbocycles. The summed E-state index contributed by atoms with van der Waals surface area (Å²) in [6.07, 6.45) is 1.33. The van der Waals surface area contributed by atoms with Gasteiger partial charge in [-0.3, -0.25) is 14.4 Å². The van der Waals surface area contributed by atoms with Crippen LogP contribution >= 0.6 is 0 Å². The highest BCUT2D eigenvalue weighted by molar-refractivity contribution is 7.91. The molecule has 41 heavy (non-hydrogen) atoms. The third-order valence-electron chi connectivity index (χ3n) is 6.91. The molecule has 1 aromatic heterocycles. The number of aromatic nitrogens is 1. The molecule has 4 rings (SSSR count). The van der Waals surface area contributed by atoms with E-state index in [0.717, 1.165) is 12.0 Å². The molecule has 0 aliphatic rings. The van der Waals surface area contributed by atoms with Crippen molar-refractivity contribution >= 4 is 38.5 Å². The zero-order valence-corrected chi connectivity index (χ0v) is 23.6. The molecule has 0 fully saturated rings. The number of primary amides is 1. The molecule has 0 saturated heterocycles. The Morgan fingerprint density at radius 3 is 2.17 bits per heavy atom. The molecule has 0 spiro atoms. The zero-order chi connectivity index (χ0) is 29.4. The van der Waals surface area contributed by atoms with E-state index in [0.29, 0.717) is 23.9 Å². The SMILES string of the molecule is CCCC[C@@H](C(=O)c1nc2ccccc2o1)N(Cc1ccccc1)C(=O)C(CCS(=O)(=O)c1ccccc1)C(N)=O. The molecule has 1 heterocycles. The summed E-state index contributed by atoms with van der Waals surface area (Å²) in [6.45, 7) is 1.97. The molecule has 10 heteroatoms. The molecular weight excluding hydrogens is 542 g/mol. The third kappa shape index (κ3) is 7.26. The number of hydrogen-bond donors (Lipinski definition) is 1. The number of hydrogen-bond acceptors (Lipinski definition) is 7. The molecule has 9 nitrogen and oxygen atoms in total. The molecule has 3 aromatic carbocycles. The minimum absolute atomic E-state index is 0.00916. The van der Waals surface area contributed by atoms with Crippen molar-refractivity contribution in [3.63, 3.8) is 0 Å². The van der Waals surface area contributed by atoms with Crippen LogP contribution < -0.4 is 5.73 Å². The number of para-hydroxylation sites is 2. The minimum atomic E-state index is -3.79. The van der Waals surface area contributed by atoms with Crippen LogP contribution in [0.15, 0.2) is 94.2 Å². The fourth-order valence-corrected chi connectivity index (χ4v) is 6.03. The minimum Gasteiger partial charge on any atom is -0.434 e. The quantitative estimate of drug-likeness (QED) is 0.172. The van der Waals surface area contributed by atoms with Crippen molar-refractivity contribution in [2.45, 2.75) is 50.1 Å². The monoisotopic (exact) mass is 575 g/mol. The molecule has 2 N–H and O–H groups in total. The van der Waals surface area contributed by atoms with Gasteiger partial charge in [0.25, 0.3) is 5.89 Å². The predicted octanol–water partition coefficient (Wildman–Crippen LogP) is 4.56. The first-order chi connectivity index (χ1) is 19.7. The maximum atomic E-state index is 14.1. The van der Waals surface area contributed by atoms with Crippen LogP contribution in [0, 0.1) is 5.92 Å². The standard InChI is InChI=1S/C31H33N3O6S/c1-2-3-17-26(28(35)30-33-25-16-10-11-18-27(25)40-30)34(21-22-12-6-4-7-13-22)31(37)24(29(32)36)19-20-41(38,39)23-14-8-5-9-15-23/h4-16,18,24,26H,2-3,17,19-21H2,1H3,(H2,32,36)/t24?,26-/m0/s1. The van der Waals surface area contributed by atoms with Gasteiger partial charge in [-0.1, -0.05) is 80.4 Å². The van der Waals surface area contributed by atoms with Crippen molar-refractivity contribution in [2.75, 3.05) is 5.75 Å². The fraction of sp³-hybridized carbons (Fsp3) is 0.290. The van der Waals surface area contributed by atoms with E-state index >= 15 is 0 Å². The number of rotatable bonds is 14. The molecule has 2 amide bonds. The highest BCUT2D eigenvalue weighted by Gasteiger charge is 2.38. The van der Waals surface area contributed by atoms with Gasteiger partial charge in [-0.15, -0.1) is 0 Å². The zero-order valence-electron chi connectivity index (χ0n) is 22.8.